The lowest BCUT2D eigenvalue weighted by molar-refractivity contribution is 0.746. The second-order valence-corrected chi connectivity index (χ2v) is 2.44. The van der Waals surface area contributed by atoms with Crippen molar-refractivity contribution in [3.05, 3.63) is 24.3 Å². The predicted molar refractivity (Wildman–Crippen MR) is 43.5 cm³/mol. The van der Waals surface area contributed by atoms with Gasteiger partial charge in [0.15, 0.2) is 5.82 Å². The summed E-state index contributed by atoms with van der Waals surface area (Å²) in [5.41, 5.74) is 0. The van der Waals surface area contributed by atoms with Gasteiger partial charge in [-0.2, -0.15) is 0 Å². The molecule has 0 saturated carbocycles. The number of nitrogens with zero attached hydrogens (tertiary/aromatic N) is 4. The van der Waals surface area contributed by atoms with Crippen molar-refractivity contribution in [2.75, 3.05) is 7.05 Å². The minimum absolute atomic E-state index is 0.641. The Balaban J connectivity index is 2.55. The topological polar surface area (TPSA) is 55.1 Å². The van der Waals surface area contributed by atoms with Crippen molar-refractivity contribution in [3.63, 3.8) is 0 Å². The molecule has 0 atom stereocenters. The van der Waals surface area contributed by atoms with Gasteiger partial charge in [-0.15, -0.1) is 10.2 Å². The maximum atomic E-state index is 4.05. The minimum Gasteiger partial charge on any atom is -0.313 e. The predicted octanol–water partition coefficient (Wildman–Crippen LogP) is -0.156. The Morgan fingerprint density at radius 1 is 1.50 bits per heavy atom. The van der Waals surface area contributed by atoms with E-state index in [-0.39, 0.29) is 0 Å². The molecule has 2 heterocycles. The highest BCUT2D eigenvalue weighted by molar-refractivity contribution is 5.25. The van der Waals surface area contributed by atoms with Crippen molar-refractivity contribution >= 4 is 5.78 Å². The van der Waals surface area contributed by atoms with E-state index in [1.807, 2.05) is 23.7 Å². The third-order valence-electron chi connectivity index (χ3n) is 1.59. The number of nitrogens with one attached hydrogen (secondary N) is 1. The van der Waals surface area contributed by atoms with Gasteiger partial charge in [-0.3, -0.25) is 4.40 Å². The molecule has 62 valence electrons. The lowest BCUT2D eigenvalue weighted by Gasteiger charge is -1.95. The van der Waals surface area contributed by atoms with Crippen LogP contribution < -0.4 is 5.32 Å². The Morgan fingerprint density at radius 2 is 2.42 bits per heavy atom. The molecule has 0 bridgehead atoms. The van der Waals surface area contributed by atoms with Crippen molar-refractivity contribution in [3.8, 4) is 0 Å². The first-order chi connectivity index (χ1) is 5.92. The molecule has 0 aliphatic rings. The van der Waals surface area contributed by atoms with Crippen molar-refractivity contribution in [2.45, 2.75) is 6.54 Å². The molecule has 12 heavy (non-hydrogen) atoms. The van der Waals surface area contributed by atoms with Crippen LogP contribution in [0.5, 0.6) is 0 Å². The largest absolute Gasteiger partial charge is 0.313 e. The number of aromatic nitrogens is 4. The van der Waals surface area contributed by atoms with Crippen LogP contribution in [-0.2, 0) is 6.54 Å². The summed E-state index contributed by atoms with van der Waals surface area (Å²) in [7, 11) is 1.87. The molecule has 0 aromatic carbocycles. The van der Waals surface area contributed by atoms with Gasteiger partial charge in [0.2, 0.25) is 0 Å². The van der Waals surface area contributed by atoms with Gasteiger partial charge in [-0.25, -0.2) is 4.98 Å². The van der Waals surface area contributed by atoms with Crippen LogP contribution in [-0.4, -0.2) is 26.6 Å². The zero-order chi connectivity index (χ0) is 8.39. The molecule has 5 heteroatoms. The minimum atomic E-state index is 0.641. The molecule has 2 aromatic heterocycles. The summed E-state index contributed by atoms with van der Waals surface area (Å²) in [6.45, 7) is 0.701. The summed E-state index contributed by atoms with van der Waals surface area (Å²) in [5.74, 6) is 1.52. The van der Waals surface area contributed by atoms with E-state index >= 15 is 0 Å². The van der Waals surface area contributed by atoms with Crippen molar-refractivity contribution < 1.29 is 0 Å². The highest BCUT2D eigenvalue weighted by Crippen LogP contribution is 1.98. The molecule has 0 unspecified atom stereocenters. The fourth-order valence-electron chi connectivity index (χ4n) is 1.07. The Morgan fingerprint density at radius 3 is 3.25 bits per heavy atom. The Bertz CT molecular complexity index is 380. The normalized spacial score (nSPS) is 10.8. The number of hydrogen-bond donors (Lipinski definition) is 1. The van der Waals surface area contributed by atoms with E-state index in [1.165, 1.54) is 0 Å². The van der Waals surface area contributed by atoms with E-state index in [0.717, 1.165) is 5.82 Å². The maximum Gasteiger partial charge on any atom is 0.254 e. The van der Waals surface area contributed by atoms with E-state index in [2.05, 4.69) is 20.5 Å². The molecular weight excluding hydrogens is 154 g/mol. The van der Waals surface area contributed by atoms with Crippen molar-refractivity contribution in [1.29, 1.82) is 0 Å². The molecule has 2 rings (SSSR count). The van der Waals surface area contributed by atoms with E-state index in [1.54, 1.807) is 6.20 Å². The number of hydrogen-bond acceptors (Lipinski definition) is 4. The lowest BCUT2D eigenvalue weighted by atomic mass is 10.5. The van der Waals surface area contributed by atoms with E-state index in [9.17, 15) is 0 Å². The highest BCUT2D eigenvalue weighted by atomic mass is 15.3. The van der Waals surface area contributed by atoms with Crippen LogP contribution >= 0.6 is 0 Å². The Kier molecular flexibility index (Phi) is 1.71. The third kappa shape index (κ3) is 1.04. The van der Waals surface area contributed by atoms with Crippen LogP contribution in [0.25, 0.3) is 5.78 Å². The van der Waals surface area contributed by atoms with Gasteiger partial charge < -0.3 is 5.32 Å². The maximum absolute atomic E-state index is 4.05. The molecule has 2 aromatic rings. The Hall–Kier alpha value is -1.49. The van der Waals surface area contributed by atoms with Gasteiger partial charge in [0.05, 0.1) is 6.54 Å². The number of fused-ring (bicyclic) bond motifs is 1. The lowest BCUT2D eigenvalue weighted by Crippen LogP contribution is -2.08. The Labute approximate surface area is 69.5 Å². The van der Waals surface area contributed by atoms with Gasteiger partial charge in [-0.05, 0) is 13.1 Å². The monoisotopic (exact) mass is 163 g/mol. The molecule has 5 nitrogen and oxygen atoms in total. The average Bonchev–Trinajstić information content (AvgIpc) is 2.50. The fourth-order valence-corrected chi connectivity index (χ4v) is 1.07. The summed E-state index contributed by atoms with van der Waals surface area (Å²) < 4.78 is 1.86. The quantitative estimate of drug-likeness (QED) is 0.668. The van der Waals surface area contributed by atoms with Crippen LogP contribution in [0.2, 0.25) is 0 Å². The fraction of sp³-hybridized carbons (Fsp3) is 0.286. The zero-order valence-corrected chi connectivity index (χ0v) is 6.73. The van der Waals surface area contributed by atoms with Gasteiger partial charge in [0.25, 0.3) is 5.78 Å². The smallest absolute Gasteiger partial charge is 0.254 e. The van der Waals surface area contributed by atoms with E-state index in [0.29, 0.717) is 12.3 Å². The molecular formula is C7H9N5. The highest BCUT2D eigenvalue weighted by Gasteiger charge is 2.02. The van der Waals surface area contributed by atoms with Gasteiger partial charge in [-0.1, -0.05) is 0 Å². The zero-order valence-electron chi connectivity index (χ0n) is 6.73. The second kappa shape index (κ2) is 2.86. The third-order valence-corrected chi connectivity index (χ3v) is 1.59. The molecule has 0 spiro atoms. The molecule has 0 aliphatic carbocycles. The summed E-state index contributed by atoms with van der Waals surface area (Å²) >= 11 is 0. The molecule has 0 fully saturated rings. The summed E-state index contributed by atoms with van der Waals surface area (Å²) in [6.07, 6.45) is 3.60. The van der Waals surface area contributed by atoms with Crippen LogP contribution in [0.15, 0.2) is 18.5 Å². The summed E-state index contributed by atoms with van der Waals surface area (Å²) in [6, 6.07) is 1.86. The van der Waals surface area contributed by atoms with E-state index in [4.69, 9.17) is 0 Å². The molecule has 0 radical (unpaired) electrons. The van der Waals surface area contributed by atoms with Gasteiger partial charge >= 0.3 is 0 Å². The summed E-state index contributed by atoms with van der Waals surface area (Å²) in [5, 5.41) is 10.9. The summed E-state index contributed by atoms with van der Waals surface area (Å²) in [4.78, 5) is 4.05. The molecule has 0 amide bonds. The van der Waals surface area contributed by atoms with Crippen molar-refractivity contribution in [1.82, 2.24) is 24.9 Å². The van der Waals surface area contributed by atoms with Crippen molar-refractivity contribution in [2.24, 2.45) is 0 Å². The standard InChI is InChI=1S/C7H9N5/c1-8-5-6-10-11-7-9-3-2-4-12(6)7/h2-4,8H,5H2,1H3. The van der Waals surface area contributed by atoms with Crippen LogP contribution in [0.4, 0.5) is 0 Å². The average molecular weight is 163 g/mol. The van der Waals surface area contributed by atoms with Crippen LogP contribution in [0.3, 0.4) is 0 Å². The second-order valence-electron chi connectivity index (χ2n) is 2.44. The van der Waals surface area contributed by atoms with Crippen LogP contribution in [0, 0.1) is 0 Å². The molecule has 0 saturated heterocycles. The first-order valence-corrected chi connectivity index (χ1v) is 3.71. The SMILES string of the molecule is CNCc1nnc2ncccn12. The van der Waals surface area contributed by atoms with Gasteiger partial charge in [0, 0.05) is 12.4 Å². The van der Waals surface area contributed by atoms with E-state index < -0.39 is 0 Å². The van der Waals surface area contributed by atoms with Gasteiger partial charge in [0.1, 0.15) is 0 Å². The first-order valence-electron chi connectivity index (χ1n) is 3.71. The molecule has 0 aliphatic heterocycles. The molecule has 1 N–H and O–H groups in total. The van der Waals surface area contributed by atoms with Crippen LogP contribution in [0.1, 0.15) is 5.82 Å². The first kappa shape index (κ1) is 7.17. The number of rotatable bonds is 2.